The standard InChI is InChI=1S/C19H17NOS/c21-19(20-12-14-5-7-15(13-22)8-6-14)18-10-9-16-3-1-2-4-17(16)11-18/h1-11,22H,12-13H2,(H,20,21). The third-order valence-electron chi connectivity index (χ3n) is 3.67. The zero-order valence-corrected chi connectivity index (χ0v) is 13.0. The third kappa shape index (κ3) is 3.31. The number of benzene rings is 3. The highest BCUT2D eigenvalue weighted by atomic mass is 32.1. The average Bonchev–Trinajstić information content (AvgIpc) is 2.59. The fourth-order valence-electron chi connectivity index (χ4n) is 2.38. The van der Waals surface area contributed by atoms with Crippen LogP contribution in [0.2, 0.25) is 0 Å². The molecule has 0 aliphatic heterocycles. The number of carbonyl (C=O) groups is 1. The molecule has 0 bridgehead atoms. The molecule has 1 N–H and O–H groups in total. The van der Waals surface area contributed by atoms with Crippen molar-refractivity contribution in [2.45, 2.75) is 12.3 Å². The molecule has 3 heteroatoms. The molecular weight excluding hydrogens is 290 g/mol. The second-order valence-electron chi connectivity index (χ2n) is 5.22. The van der Waals surface area contributed by atoms with E-state index >= 15 is 0 Å². The Hall–Kier alpha value is -2.26. The molecule has 3 rings (SSSR count). The van der Waals surface area contributed by atoms with E-state index in [-0.39, 0.29) is 5.91 Å². The first kappa shape index (κ1) is 14.7. The van der Waals surface area contributed by atoms with Crippen molar-refractivity contribution in [2.24, 2.45) is 0 Å². The maximum absolute atomic E-state index is 12.3. The molecule has 22 heavy (non-hydrogen) atoms. The van der Waals surface area contributed by atoms with Gasteiger partial charge >= 0.3 is 0 Å². The van der Waals surface area contributed by atoms with Gasteiger partial charge < -0.3 is 5.32 Å². The average molecular weight is 307 g/mol. The van der Waals surface area contributed by atoms with Gasteiger partial charge in [-0.05, 0) is 34.0 Å². The molecular formula is C19H17NOS. The second-order valence-corrected chi connectivity index (χ2v) is 5.54. The summed E-state index contributed by atoms with van der Waals surface area (Å²) in [5, 5.41) is 5.18. The summed E-state index contributed by atoms with van der Waals surface area (Å²) >= 11 is 4.24. The Morgan fingerprint density at radius 1 is 0.864 bits per heavy atom. The van der Waals surface area contributed by atoms with Gasteiger partial charge in [0.05, 0.1) is 0 Å². The van der Waals surface area contributed by atoms with Crippen LogP contribution in [0.1, 0.15) is 21.5 Å². The molecule has 1 amide bonds. The van der Waals surface area contributed by atoms with E-state index in [1.807, 2.05) is 66.7 Å². The van der Waals surface area contributed by atoms with Crippen LogP contribution in [0.3, 0.4) is 0 Å². The summed E-state index contributed by atoms with van der Waals surface area (Å²) in [6.07, 6.45) is 0. The number of nitrogens with one attached hydrogen (secondary N) is 1. The summed E-state index contributed by atoms with van der Waals surface area (Å²) in [6.45, 7) is 0.526. The lowest BCUT2D eigenvalue weighted by Gasteiger charge is -2.07. The van der Waals surface area contributed by atoms with Crippen molar-refractivity contribution in [3.05, 3.63) is 83.4 Å². The largest absolute Gasteiger partial charge is 0.348 e. The van der Waals surface area contributed by atoms with Gasteiger partial charge in [0.15, 0.2) is 0 Å². The van der Waals surface area contributed by atoms with E-state index in [4.69, 9.17) is 0 Å². The van der Waals surface area contributed by atoms with Gasteiger partial charge in [0.1, 0.15) is 0 Å². The van der Waals surface area contributed by atoms with E-state index in [1.54, 1.807) is 0 Å². The summed E-state index contributed by atoms with van der Waals surface area (Å²) < 4.78 is 0. The van der Waals surface area contributed by atoms with Crippen molar-refractivity contribution in [3.8, 4) is 0 Å². The molecule has 0 fully saturated rings. The first-order valence-corrected chi connectivity index (χ1v) is 7.85. The van der Waals surface area contributed by atoms with E-state index < -0.39 is 0 Å². The van der Waals surface area contributed by atoms with Crippen molar-refractivity contribution in [2.75, 3.05) is 0 Å². The van der Waals surface area contributed by atoms with Crippen LogP contribution in [0, 0.1) is 0 Å². The zero-order valence-electron chi connectivity index (χ0n) is 12.1. The number of amides is 1. The second kappa shape index (κ2) is 6.67. The summed E-state index contributed by atoms with van der Waals surface area (Å²) in [5.74, 6) is 0.674. The molecule has 3 aromatic carbocycles. The molecule has 0 saturated carbocycles. The summed E-state index contributed by atoms with van der Waals surface area (Å²) in [5.41, 5.74) is 2.94. The first-order chi connectivity index (χ1) is 10.8. The predicted octanol–water partition coefficient (Wildman–Crippen LogP) is 4.20. The lowest BCUT2D eigenvalue weighted by molar-refractivity contribution is 0.0951. The summed E-state index contributed by atoms with van der Waals surface area (Å²) in [7, 11) is 0. The summed E-state index contributed by atoms with van der Waals surface area (Å²) in [4.78, 5) is 12.3. The fraction of sp³-hybridized carbons (Fsp3) is 0.105. The van der Waals surface area contributed by atoms with Crippen LogP contribution >= 0.6 is 12.6 Å². The molecule has 3 aromatic rings. The third-order valence-corrected chi connectivity index (χ3v) is 4.04. The molecule has 0 aromatic heterocycles. The molecule has 110 valence electrons. The van der Waals surface area contributed by atoms with E-state index in [0.717, 1.165) is 22.1 Å². The Balaban J connectivity index is 1.69. The van der Waals surface area contributed by atoms with Crippen molar-refractivity contribution >= 4 is 29.3 Å². The van der Waals surface area contributed by atoms with Gasteiger partial charge in [-0.25, -0.2) is 0 Å². The smallest absolute Gasteiger partial charge is 0.251 e. The van der Waals surface area contributed by atoms with Gasteiger partial charge in [-0.3, -0.25) is 4.79 Å². The maximum atomic E-state index is 12.3. The Bertz CT molecular complexity index is 796. The highest BCUT2D eigenvalue weighted by molar-refractivity contribution is 7.79. The van der Waals surface area contributed by atoms with Gasteiger partial charge in [0, 0.05) is 17.9 Å². The first-order valence-electron chi connectivity index (χ1n) is 7.22. The fourth-order valence-corrected chi connectivity index (χ4v) is 2.59. The quantitative estimate of drug-likeness (QED) is 0.695. The van der Waals surface area contributed by atoms with Crippen molar-refractivity contribution in [3.63, 3.8) is 0 Å². The Labute approximate surface area is 135 Å². The minimum Gasteiger partial charge on any atom is -0.348 e. The van der Waals surface area contributed by atoms with Crippen molar-refractivity contribution in [1.29, 1.82) is 0 Å². The maximum Gasteiger partial charge on any atom is 0.251 e. The molecule has 0 atom stereocenters. The number of thiol groups is 1. The number of hydrogen-bond donors (Lipinski definition) is 2. The van der Waals surface area contributed by atoms with Gasteiger partial charge in [-0.1, -0.05) is 54.6 Å². The molecule has 0 aliphatic rings. The number of rotatable bonds is 4. The van der Waals surface area contributed by atoms with Crippen LogP contribution in [0.15, 0.2) is 66.7 Å². The van der Waals surface area contributed by atoms with E-state index in [1.165, 1.54) is 5.56 Å². The summed E-state index contributed by atoms with van der Waals surface area (Å²) in [6, 6.07) is 21.9. The van der Waals surface area contributed by atoms with E-state index in [9.17, 15) is 4.79 Å². The topological polar surface area (TPSA) is 29.1 Å². The molecule has 0 aliphatic carbocycles. The lowest BCUT2D eigenvalue weighted by atomic mass is 10.1. The normalized spacial score (nSPS) is 10.6. The highest BCUT2D eigenvalue weighted by Crippen LogP contribution is 2.15. The van der Waals surface area contributed by atoms with E-state index in [0.29, 0.717) is 12.1 Å². The molecule has 0 spiro atoms. The molecule has 0 unspecified atom stereocenters. The van der Waals surface area contributed by atoms with Crippen LogP contribution in [0.5, 0.6) is 0 Å². The monoisotopic (exact) mass is 307 g/mol. The SMILES string of the molecule is O=C(NCc1ccc(CS)cc1)c1ccc2ccccc2c1. The van der Waals surface area contributed by atoms with Gasteiger partial charge in [0.2, 0.25) is 0 Å². The van der Waals surface area contributed by atoms with Gasteiger partial charge in [0.25, 0.3) is 5.91 Å². The Morgan fingerprint density at radius 3 is 2.27 bits per heavy atom. The van der Waals surface area contributed by atoms with Crippen LogP contribution in [0.4, 0.5) is 0 Å². The van der Waals surface area contributed by atoms with E-state index in [2.05, 4.69) is 17.9 Å². The van der Waals surface area contributed by atoms with Gasteiger partial charge in [-0.2, -0.15) is 12.6 Å². The molecule has 0 heterocycles. The van der Waals surface area contributed by atoms with Crippen molar-refractivity contribution < 1.29 is 4.79 Å². The lowest BCUT2D eigenvalue weighted by Crippen LogP contribution is -2.22. The van der Waals surface area contributed by atoms with Crippen LogP contribution in [-0.2, 0) is 12.3 Å². The highest BCUT2D eigenvalue weighted by Gasteiger charge is 2.06. The minimum absolute atomic E-state index is 0.0518. The van der Waals surface area contributed by atoms with Crippen LogP contribution in [0.25, 0.3) is 10.8 Å². The van der Waals surface area contributed by atoms with Crippen molar-refractivity contribution in [1.82, 2.24) is 5.32 Å². The molecule has 0 saturated heterocycles. The molecule has 0 radical (unpaired) electrons. The van der Waals surface area contributed by atoms with Crippen LogP contribution < -0.4 is 5.32 Å². The molecule has 2 nitrogen and oxygen atoms in total. The number of hydrogen-bond acceptors (Lipinski definition) is 2. The number of fused-ring (bicyclic) bond motifs is 1. The predicted molar refractivity (Wildman–Crippen MR) is 94.3 cm³/mol. The number of carbonyl (C=O) groups excluding carboxylic acids is 1. The van der Waals surface area contributed by atoms with Gasteiger partial charge in [-0.15, -0.1) is 0 Å². The minimum atomic E-state index is -0.0518. The van der Waals surface area contributed by atoms with Crippen LogP contribution in [-0.4, -0.2) is 5.91 Å². The Morgan fingerprint density at radius 2 is 1.55 bits per heavy atom. The zero-order chi connectivity index (χ0) is 15.4. The Kier molecular flexibility index (Phi) is 4.45.